The molecule has 86 valence electrons. The normalized spacial score (nSPS) is 16.2. The standard InChI is InChI=1S/C16H22/c1-2-3-4-5-6-7-8-10-13-16-14-11-9-12-15-16/h5-6,10,13-14H,2-4,9,11-12,15H2,1H3/b6-5+,13-10+. The lowest BCUT2D eigenvalue weighted by Gasteiger charge is -2.06. The molecule has 0 bridgehead atoms. The molecule has 1 aliphatic carbocycles. The van der Waals surface area contributed by atoms with Gasteiger partial charge in [-0.25, -0.2) is 0 Å². The van der Waals surface area contributed by atoms with E-state index in [0.29, 0.717) is 0 Å². The Bertz CT molecular complexity index is 318. The second-order valence-electron chi connectivity index (χ2n) is 4.19. The van der Waals surface area contributed by atoms with Gasteiger partial charge >= 0.3 is 0 Å². The van der Waals surface area contributed by atoms with Gasteiger partial charge in [0.05, 0.1) is 0 Å². The van der Waals surface area contributed by atoms with Crippen LogP contribution in [0, 0.1) is 11.8 Å². The fraction of sp³-hybridized carbons (Fsp3) is 0.500. The van der Waals surface area contributed by atoms with Crippen LogP contribution in [0.15, 0.2) is 36.0 Å². The highest BCUT2D eigenvalue weighted by atomic mass is 14.0. The van der Waals surface area contributed by atoms with Gasteiger partial charge in [0, 0.05) is 0 Å². The van der Waals surface area contributed by atoms with Gasteiger partial charge in [0.15, 0.2) is 0 Å². The average molecular weight is 214 g/mol. The molecule has 0 aliphatic heterocycles. The van der Waals surface area contributed by atoms with Gasteiger partial charge in [0.1, 0.15) is 0 Å². The predicted molar refractivity (Wildman–Crippen MR) is 72.1 cm³/mol. The maximum atomic E-state index is 3.05. The van der Waals surface area contributed by atoms with Crippen molar-refractivity contribution in [3.63, 3.8) is 0 Å². The molecule has 0 fully saturated rings. The van der Waals surface area contributed by atoms with Crippen LogP contribution in [-0.2, 0) is 0 Å². The summed E-state index contributed by atoms with van der Waals surface area (Å²) in [6.07, 6.45) is 19.4. The van der Waals surface area contributed by atoms with E-state index in [4.69, 9.17) is 0 Å². The number of hydrogen-bond acceptors (Lipinski definition) is 0. The van der Waals surface area contributed by atoms with Crippen molar-refractivity contribution >= 4 is 0 Å². The average Bonchev–Trinajstić information content (AvgIpc) is 2.34. The van der Waals surface area contributed by atoms with Gasteiger partial charge < -0.3 is 0 Å². The van der Waals surface area contributed by atoms with E-state index in [0.717, 1.165) is 6.42 Å². The smallest absolute Gasteiger partial charge is 0.0113 e. The fourth-order valence-electron chi connectivity index (χ4n) is 1.72. The SMILES string of the molecule is CCCC/C=C/C#C/C=C/C1=CCCCC1. The van der Waals surface area contributed by atoms with Crippen molar-refractivity contribution in [3.8, 4) is 11.8 Å². The van der Waals surface area contributed by atoms with Crippen LogP contribution < -0.4 is 0 Å². The maximum Gasteiger partial charge on any atom is -0.0113 e. The zero-order chi connectivity index (χ0) is 11.5. The van der Waals surface area contributed by atoms with Crippen LogP contribution in [0.1, 0.15) is 51.9 Å². The van der Waals surface area contributed by atoms with Gasteiger partial charge in [-0.15, -0.1) is 0 Å². The first-order chi connectivity index (χ1) is 7.93. The fourth-order valence-corrected chi connectivity index (χ4v) is 1.72. The Labute approximate surface area is 100 Å². The van der Waals surface area contributed by atoms with Crippen LogP contribution in [0.2, 0.25) is 0 Å². The molecule has 0 heterocycles. The molecule has 1 aliphatic rings. The van der Waals surface area contributed by atoms with Crippen LogP contribution in [0.3, 0.4) is 0 Å². The third kappa shape index (κ3) is 6.30. The minimum absolute atomic E-state index is 1.15. The molecule has 0 amide bonds. The van der Waals surface area contributed by atoms with Crippen molar-refractivity contribution in [1.82, 2.24) is 0 Å². The van der Waals surface area contributed by atoms with Crippen LogP contribution >= 0.6 is 0 Å². The summed E-state index contributed by atoms with van der Waals surface area (Å²) < 4.78 is 0. The second-order valence-corrected chi connectivity index (χ2v) is 4.19. The highest BCUT2D eigenvalue weighted by Crippen LogP contribution is 2.17. The molecule has 0 N–H and O–H groups in total. The van der Waals surface area contributed by atoms with E-state index in [1.54, 1.807) is 0 Å². The molecule has 0 aromatic heterocycles. The number of rotatable bonds is 4. The Morgan fingerprint density at radius 1 is 1.25 bits per heavy atom. The molecule has 0 heteroatoms. The lowest BCUT2D eigenvalue weighted by atomic mass is 9.99. The lowest BCUT2D eigenvalue weighted by Crippen LogP contribution is -1.87. The summed E-state index contributed by atoms with van der Waals surface area (Å²) in [4.78, 5) is 0. The van der Waals surface area contributed by atoms with Crippen molar-refractivity contribution in [1.29, 1.82) is 0 Å². The summed E-state index contributed by atoms with van der Waals surface area (Å²) in [5, 5.41) is 0. The van der Waals surface area contributed by atoms with Crippen LogP contribution in [0.4, 0.5) is 0 Å². The number of hydrogen-bond donors (Lipinski definition) is 0. The molecule has 0 atom stereocenters. The third-order valence-electron chi connectivity index (χ3n) is 2.72. The zero-order valence-electron chi connectivity index (χ0n) is 10.3. The summed E-state index contributed by atoms with van der Waals surface area (Å²) in [6, 6.07) is 0. The van der Waals surface area contributed by atoms with Crippen LogP contribution in [0.5, 0.6) is 0 Å². The molecule has 0 saturated carbocycles. The van der Waals surface area contributed by atoms with Gasteiger partial charge in [-0.3, -0.25) is 0 Å². The molecule has 0 aromatic rings. The first-order valence-electron chi connectivity index (χ1n) is 6.45. The quantitative estimate of drug-likeness (QED) is 0.466. The van der Waals surface area contributed by atoms with E-state index in [2.05, 4.69) is 37.0 Å². The molecule has 16 heavy (non-hydrogen) atoms. The van der Waals surface area contributed by atoms with Crippen molar-refractivity contribution in [3.05, 3.63) is 36.0 Å². The summed E-state index contributed by atoms with van der Waals surface area (Å²) in [5.74, 6) is 6.09. The second kappa shape index (κ2) is 9.04. The van der Waals surface area contributed by atoms with Crippen molar-refractivity contribution < 1.29 is 0 Å². The van der Waals surface area contributed by atoms with E-state index in [1.165, 1.54) is 44.1 Å². The Balaban J connectivity index is 2.22. The van der Waals surface area contributed by atoms with Gasteiger partial charge in [-0.2, -0.15) is 0 Å². The monoisotopic (exact) mass is 214 g/mol. The zero-order valence-corrected chi connectivity index (χ0v) is 10.3. The Kier molecular flexibility index (Phi) is 7.26. The summed E-state index contributed by atoms with van der Waals surface area (Å²) in [7, 11) is 0. The molecule has 0 spiro atoms. The van der Waals surface area contributed by atoms with Crippen LogP contribution in [0.25, 0.3) is 0 Å². The molecule has 0 saturated heterocycles. The maximum absolute atomic E-state index is 3.05. The summed E-state index contributed by atoms with van der Waals surface area (Å²) in [6.45, 7) is 2.21. The van der Waals surface area contributed by atoms with Crippen molar-refractivity contribution in [2.24, 2.45) is 0 Å². The highest BCUT2D eigenvalue weighted by molar-refractivity contribution is 5.30. The van der Waals surface area contributed by atoms with E-state index in [1.807, 2.05) is 12.2 Å². The largest absolute Gasteiger partial charge is 0.0813 e. The lowest BCUT2D eigenvalue weighted by molar-refractivity contribution is 0.712. The van der Waals surface area contributed by atoms with Gasteiger partial charge in [-0.1, -0.05) is 55.4 Å². The van der Waals surface area contributed by atoms with E-state index >= 15 is 0 Å². The van der Waals surface area contributed by atoms with E-state index < -0.39 is 0 Å². The first-order valence-corrected chi connectivity index (χ1v) is 6.45. The van der Waals surface area contributed by atoms with Crippen molar-refractivity contribution in [2.75, 3.05) is 0 Å². The summed E-state index contributed by atoms with van der Waals surface area (Å²) in [5.41, 5.74) is 1.45. The van der Waals surface area contributed by atoms with Gasteiger partial charge in [-0.05, 0) is 44.3 Å². The minimum atomic E-state index is 1.15. The third-order valence-corrected chi connectivity index (χ3v) is 2.72. The molecule has 0 nitrogen and oxygen atoms in total. The Morgan fingerprint density at radius 3 is 2.88 bits per heavy atom. The van der Waals surface area contributed by atoms with Gasteiger partial charge in [0.2, 0.25) is 0 Å². The van der Waals surface area contributed by atoms with E-state index in [9.17, 15) is 0 Å². The first kappa shape index (κ1) is 12.8. The van der Waals surface area contributed by atoms with E-state index in [-0.39, 0.29) is 0 Å². The molecule has 1 rings (SSSR count). The highest BCUT2D eigenvalue weighted by Gasteiger charge is 1.98. The molecule has 0 radical (unpaired) electrons. The molecule has 0 aromatic carbocycles. The Hall–Kier alpha value is -1.22. The minimum Gasteiger partial charge on any atom is -0.0813 e. The number of unbranched alkanes of at least 4 members (excludes halogenated alkanes) is 2. The van der Waals surface area contributed by atoms with Crippen LogP contribution in [-0.4, -0.2) is 0 Å². The topological polar surface area (TPSA) is 0 Å². The summed E-state index contributed by atoms with van der Waals surface area (Å²) >= 11 is 0. The molecular weight excluding hydrogens is 192 g/mol. The van der Waals surface area contributed by atoms with Gasteiger partial charge in [0.25, 0.3) is 0 Å². The molecule has 0 unspecified atom stereocenters. The Morgan fingerprint density at radius 2 is 2.12 bits per heavy atom. The predicted octanol–water partition coefficient (Wildman–Crippen LogP) is 4.79. The molecular formula is C16H22. The van der Waals surface area contributed by atoms with Crippen molar-refractivity contribution in [2.45, 2.75) is 51.9 Å². The number of allylic oxidation sites excluding steroid dienone is 6.